The average molecular weight is 421 g/mol. The third-order valence-electron chi connectivity index (χ3n) is 5.72. The molecule has 1 aliphatic rings. The SMILES string of the molecule is O=C(c1cc2cccc(F)c2[nH]1)N1CCCCC1c1ncc(Cc2cccc(F)c2)o1. The standard InChI is InChI=1S/C24H21F2N3O2/c25-17-7-3-5-15(11-17)12-18-14-27-23(31-18)21-9-1-2-10-29(21)24(30)20-13-16-6-4-8-19(26)22(16)28-20/h3-8,11,13-14,21,28H,1-2,9-10,12H2. The molecular formula is C24H21F2N3O2. The molecule has 0 aliphatic carbocycles. The van der Waals surface area contributed by atoms with Gasteiger partial charge in [-0.3, -0.25) is 4.79 Å². The van der Waals surface area contributed by atoms with Crippen LogP contribution in [0.15, 0.2) is 59.1 Å². The number of piperidine rings is 1. The molecule has 2 aromatic carbocycles. The first-order valence-corrected chi connectivity index (χ1v) is 10.4. The summed E-state index contributed by atoms with van der Waals surface area (Å²) in [5.41, 5.74) is 1.46. The molecule has 5 nitrogen and oxygen atoms in total. The van der Waals surface area contributed by atoms with Crippen LogP contribution in [0, 0.1) is 11.6 Å². The van der Waals surface area contributed by atoms with Gasteiger partial charge in [-0.2, -0.15) is 0 Å². The van der Waals surface area contributed by atoms with E-state index in [9.17, 15) is 13.6 Å². The van der Waals surface area contributed by atoms with Crippen LogP contribution in [0.5, 0.6) is 0 Å². The molecule has 1 fully saturated rings. The molecule has 1 N–H and O–H groups in total. The van der Waals surface area contributed by atoms with Crippen LogP contribution < -0.4 is 0 Å². The Hall–Kier alpha value is -3.48. The van der Waals surface area contributed by atoms with Gasteiger partial charge in [0.05, 0.1) is 11.7 Å². The number of H-pyrrole nitrogens is 1. The lowest BCUT2D eigenvalue weighted by Crippen LogP contribution is -2.38. The van der Waals surface area contributed by atoms with E-state index >= 15 is 0 Å². The highest BCUT2D eigenvalue weighted by Crippen LogP contribution is 2.32. The van der Waals surface area contributed by atoms with Gasteiger partial charge in [0.15, 0.2) is 0 Å². The number of amides is 1. The lowest BCUT2D eigenvalue weighted by molar-refractivity contribution is 0.0565. The van der Waals surface area contributed by atoms with Gasteiger partial charge in [0, 0.05) is 18.4 Å². The Kier molecular flexibility index (Phi) is 5.02. The van der Waals surface area contributed by atoms with E-state index < -0.39 is 0 Å². The Bertz CT molecular complexity index is 1250. The zero-order chi connectivity index (χ0) is 21.4. The maximum Gasteiger partial charge on any atom is 0.270 e. The number of benzene rings is 2. The van der Waals surface area contributed by atoms with Gasteiger partial charge in [-0.1, -0.05) is 24.3 Å². The van der Waals surface area contributed by atoms with Crippen molar-refractivity contribution in [3.05, 3.63) is 89.3 Å². The van der Waals surface area contributed by atoms with Crippen molar-refractivity contribution in [2.75, 3.05) is 6.54 Å². The first-order chi connectivity index (χ1) is 15.1. The van der Waals surface area contributed by atoms with Gasteiger partial charge in [0.1, 0.15) is 29.1 Å². The number of carbonyl (C=O) groups is 1. The second kappa shape index (κ2) is 7.98. The Balaban J connectivity index is 1.39. The molecule has 31 heavy (non-hydrogen) atoms. The number of likely N-dealkylation sites (tertiary alicyclic amines) is 1. The summed E-state index contributed by atoms with van der Waals surface area (Å²) in [7, 11) is 0. The van der Waals surface area contributed by atoms with Gasteiger partial charge in [0.2, 0.25) is 5.89 Å². The van der Waals surface area contributed by atoms with Crippen LogP contribution in [-0.4, -0.2) is 27.3 Å². The monoisotopic (exact) mass is 421 g/mol. The molecule has 3 heterocycles. The zero-order valence-electron chi connectivity index (χ0n) is 16.8. The molecule has 5 rings (SSSR count). The molecule has 1 saturated heterocycles. The van der Waals surface area contributed by atoms with Gasteiger partial charge >= 0.3 is 0 Å². The highest BCUT2D eigenvalue weighted by molar-refractivity contribution is 5.98. The average Bonchev–Trinajstić information content (AvgIpc) is 3.41. The quantitative estimate of drug-likeness (QED) is 0.480. The minimum atomic E-state index is -0.388. The molecule has 0 bridgehead atoms. The molecule has 4 aromatic rings. The molecule has 1 unspecified atom stereocenters. The normalized spacial score (nSPS) is 16.7. The third-order valence-corrected chi connectivity index (χ3v) is 5.72. The maximum atomic E-state index is 14.0. The summed E-state index contributed by atoms with van der Waals surface area (Å²) < 4.78 is 33.5. The lowest BCUT2D eigenvalue weighted by atomic mass is 10.0. The van der Waals surface area contributed by atoms with Crippen molar-refractivity contribution in [3.8, 4) is 0 Å². The number of nitrogens with one attached hydrogen (secondary N) is 1. The Morgan fingerprint density at radius 2 is 2.03 bits per heavy atom. The van der Waals surface area contributed by atoms with Crippen LogP contribution in [0.2, 0.25) is 0 Å². The first-order valence-electron chi connectivity index (χ1n) is 10.4. The molecule has 1 aliphatic heterocycles. The number of hydrogen-bond donors (Lipinski definition) is 1. The van der Waals surface area contributed by atoms with Gasteiger partial charge < -0.3 is 14.3 Å². The van der Waals surface area contributed by atoms with E-state index in [2.05, 4.69) is 9.97 Å². The van der Waals surface area contributed by atoms with E-state index in [-0.39, 0.29) is 23.6 Å². The molecule has 0 saturated carbocycles. The molecule has 1 amide bonds. The van der Waals surface area contributed by atoms with E-state index in [0.29, 0.717) is 41.2 Å². The molecule has 0 spiro atoms. The van der Waals surface area contributed by atoms with Crippen molar-refractivity contribution >= 4 is 16.8 Å². The van der Waals surface area contributed by atoms with E-state index in [1.807, 2.05) is 6.07 Å². The predicted octanol–water partition coefficient (Wildman–Crippen LogP) is 5.39. The van der Waals surface area contributed by atoms with Crippen LogP contribution in [0.3, 0.4) is 0 Å². The topological polar surface area (TPSA) is 62.1 Å². The number of aromatic amines is 1. The van der Waals surface area contributed by atoms with Crippen LogP contribution in [0.1, 0.15) is 53.0 Å². The lowest BCUT2D eigenvalue weighted by Gasteiger charge is -2.33. The van der Waals surface area contributed by atoms with Crippen molar-refractivity contribution in [1.29, 1.82) is 0 Å². The summed E-state index contributed by atoms with van der Waals surface area (Å²) in [6.07, 6.45) is 4.63. The van der Waals surface area contributed by atoms with E-state index in [1.165, 1.54) is 18.2 Å². The number of rotatable bonds is 4. The number of fused-ring (bicyclic) bond motifs is 1. The van der Waals surface area contributed by atoms with Crippen LogP contribution in [0.4, 0.5) is 8.78 Å². The van der Waals surface area contributed by atoms with Gasteiger partial charge in [0.25, 0.3) is 5.91 Å². The van der Waals surface area contributed by atoms with Crippen molar-refractivity contribution in [2.24, 2.45) is 0 Å². The van der Waals surface area contributed by atoms with Crippen LogP contribution in [-0.2, 0) is 6.42 Å². The third kappa shape index (κ3) is 3.83. The highest BCUT2D eigenvalue weighted by atomic mass is 19.1. The maximum absolute atomic E-state index is 14.0. The Morgan fingerprint density at radius 1 is 1.16 bits per heavy atom. The second-order valence-electron chi connectivity index (χ2n) is 7.87. The summed E-state index contributed by atoms with van der Waals surface area (Å²) >= 11 is 0. The van der Waals surface area contributed by atoms with Crippen molar-refractivity contribution in [1.82, 2.24) is 14.9 Å². The van der Waals surface area contributed by atoms with Gasteiger partial charge in [-0.25, -0.2) is 13.8 Å². The summed E-state index contributed by atoms with van der Waals surface area (Å²) in [5.74, 6) is 0.204. The fourth-order valence-corrected chi connectivity index (χ4v) is 4.23. The number of hydrogen-bond acceptors (Lipinski definition) is 3. The van der Waals surface area contributed by atoms with Crippen molar-refractivity contribution in [2.45, 2.75) is 31.7 Å². The number of aromatic nitrogens is 2. The van der Waals surface area contributed by atoms with E-state index in [0.717, 1.165) is 24.8 Å². The largest absolute Gasteiger partial charge is 0.443 e. The minimum absolute atomic E-state index is 0.204. The Labute approximate surface area is 177 Å². The molecular weight excluding hydrogens is 400 g/mol. The highest BCUT2D eigenvalue weighted by Gasteiger charge is 2.32. The molecule has 7 heteroatoms. The molecule has 0 radical (unpaired) electrons. The summed E-state index contributed by atoms with van der Waals surface area (Å²) in [6.45, 7) is 0.572. The van der Waals surface area contributed by atoms with E-state index in [1.54, 1.807) is 35.4 Å². The van der Waals surface area contributed by atoms with Crippen molar-refractivity contribution < 1.29 is 18.0 Å². The molecule has 1 atom stereocenters. The number of oxazole rings is 1. The van der Waals surface area contributed by atoms with Crippen molar-refractivity contribution in [3.63, 3.8) is 0 Å². The minimum Gasteiger partial charge on any atom is -0.443 e. The second-order valence-corrected chi connectivity index (χ2v) is 7.87. The summed E-state index contributed by atoms with van der Waals surface area (Å²) in [6, 6.07) is 12.5. The number of nitrogens with zero attached hydrogens (tertiary/aromatic N) is 2. The number of para-hydroxylation sites is 1. The van der Waals surface area contributed by atoms with Crippen LogP contribution in [0.25, 0.3) is 10.9 Å². The molecule has 2 aromatic heterocycles. The number of halogens is 2. The number of carbonyl (C=O) groups excluding carboxylic acids is 1. The van der Waals surface area contributed by atoms with Crippen LogP contribution >= 0.6 is 0 Å². The van der Waals surface area contributed by atoms with Gasteiger partial charge in [-0.15, -0.1) is 0 Å². The zero-order valence-corrected chi connectivity index (χ0v) is 16.8. The Morgan fingerprint density at radius 3 is 2.87 bits per heavy atom. The molecule has 158 valence electrons. The summed E-state index contributed by atoms with van der Waals surface area (Å²) in [4.78, 5) is 22.3. The summed E-state index contributed by atoms with van der Waals surface area (Å²) in [5, 5.41) is 0.658. The van der Waals surface area contributed by atoms with Gasteiger partial charge in [-0.05, 0) is 49.1 Å². The first kappa shape index (κ1) is 19.5. The predicted molar refractivity (Wildman–Crippen MR) is 112 cm³/mol. The fraction of sp³-hybridized carbons (Fsp3) is 0.250. The smallest absolute Gasteiger partial charge is 0.270 e. The fourth-order valence-electron chi connectivity index (χ4n) is 4.23. The van der Waals surface area contributed by atoms with E-state index in [4.69, 9.17) is 4.42 Å².